The highest BCUT2D eigenvalue weighted by Gasteiger charge is 2.22. The fraction of sp³-hybridized carbons (Fsp3) is 0.370. The van der Waals surface area contributed by atoms with Crippen LogP contribution < -0.4 is 10.7 Å². The number of nitrogens with one attached hydrogen (secondary N) is 1. The van der Waals surface area contributed by atoms with Crippen molar-refractivity contribution in [3.63, 3.8) is 0 Å². The molecule has 2 amide bonds. The second kappa shape index (κ2) is 11.6. The molecule has 2 aromatic carbocycles. The minimum absolute atomic E-state index is 0.00844. The Morgan fingerprint density at radius 1 is 1.06 bits per heavy atom. The number of benzene rings is 2. The highest BCUT2D eigenvalue weighted by molar-refractivity contribution is 5.99. The quantitative estimate of drug-likeness (QED) is 0.465. The van der Waals surface area contributed by atoms with Crippen LogP contribution in [-0.4, -0.2) is 48.6 Å². The summed E-state index contributed by atoms with van der Waals surface area (Å²) in [7, 11) is 3.21. The molecule has 0 atom stereocenters. The molecule has 0 fully saturated rings. The lowest BCUT2D eigenvalue weighted by atomic mass is 10.0. The van der Waals surface area contributed by atoms with Crippen molar-refractivity contribution >= 4 is 22.6 Å². The van der Waals surface area contributed by atoms with Gasteiger partial charge in [-0.05, 0) is 28.7 Å². The largest absolute Gasteiger partial charge is 0.383 e. The summed E-state index contributed by atoms with van der Waals surface area (Å²) in [5.74, 6) is -0.485. The summed E-state index contributed by atoms with van der Waals surface area (Å²) in [5.41, 5.74) is 0.378. The first-order chi connectivity index (χ1) is 16.3. The standard InChI is InChI=1S/C27H33N3O4/c1-19(2)12-14-30-17-23(26(32)28-13-15-34-4)25(31)24(18-30)27(33)29(3)16-21-10-7-9-20-8-5-6-11-22(20)21/h5-11,17-19H,12-16H2,1-4H3,(H,28,32). The van der Waals surface area contributed by atoms with Crippen LogP contribution in [0.15, 0.2) is 59.7 Å². The van der Waals surface area contributed by atoms with Crippen molar-refractivity contribution in [2.75, 3.05) is 27.3 Å². The van der Waals surface area contributed by atoms with Crippen molar-refractivity contribution in [3.8, 4) is 0 Å². The van der Waals surface area contributed by atoms with E-state index in [4.69, 9.17) is 4.74 Å². The summed E-state index contributed by atoms with van der Waals surface area (Å²) in [6, 6.07) is 14.0. The second-order valence-electron chi connectivity index (χ2n) is 8.88. The summed E-state index contributed by atoms with van der Waals surface area (Å²) in [6.45, 7) is 5.76. The Balaban J connectivity index is 1.92. The fourth-order valence-electron chi connectivity index (χ4n) is 3.81. The van der Waals surface area contributed by atoms with Gasteiger partial charge in [0.1, 0.15) is 11.1 Å². The maximum Gasteiger partial charge on any atom is 0.259 e. The topological polar surface area (TPSA) is 80.6 Å². The molecule has 1 aromatic heterocycles. The van der Waals surface area contributed by atoms with Gasteiger partial charge in [0.2, 0.25) is 5.43 Å². The molecule has 3 rings (SSSR count). The van der Waals surface area contributed by atoms with Crippen molar-refractivity contribution < 1.29 is 14.3 Å². The number of hydrogen-bond donors (Lipinski definition) is 1. The number of hydrogen-bond acceptors (Lipinski definition) is 4. The van der Waals surface area contributed by atoms with Gasteiger partial charge in [0.25, 0.3) is 11.8 Å². The number of nitrogens with zero attached hydrogens (tertiary/aromatic N) is 2. The van der Waals surface area contributed by atoms with Crippen molar-refractivity contribution in [3.05, 3.63) is 81.8 Å². The zero-order valence-corrected chi connectivity index (χ0v) is 20.3. The van der Waals surface area contributed by atoms with E-state index in [1.807, 2.05) is 42.5 Å². The predicted molar refractivity (Wildman–Crippen MR) is 134 cm³/mol. The Kier molecular flexibility index (Phi) is 8.60. The van der Waals surface area contributed by atoms with E-state index in [0.29, 0.717) is 25.6 Å². The average Bonchev–Trinajstić information content (AvgIpc) is 2.83. The molecule has 0 aliphatic rings. The highest BCUT2D eigenvalue weighted by atomic mass is 16.5. The first kappa shape index (κ1) is 25.2. The summed E-state index contributed by atoms with van der Waals surface area (Å²) in [5, 5.41) is 4.84. The Hall–Kier alpha value is -3.45. The van der Waals surface area contributed by atoms with Crippen molar-refractivity contribution in [1.82, 2.24) is 14.8 Å². The van der Waals surface area contributed by atoms with Crippen LogP contribution in [0.4, 0.5) is 0 Å². The molecule has 0 saturated carbocycles. The van der Waals surface area contributed by atoms with Crippen LogP contribution in [0.25, 0.3) is 10.8 Å². The molecule has 34 heavy (non-hydrogen) atoms. The molecule has 0 aliphatic heterocycles. The Labute approximate surface area is 200 Å². The molecule has 7 nitrogen and oxygen atoms in total. The van der Waals surface area contributed by atoms with Gasteiger partial charge < -0.3 is 19.5 Å². The number of pyridine rings is 1. The molecule has 3 aromatic rings. The number of rotatable bonds is 10. The van der Waals surface area contributed by atoms with E-state index >= 15 is 0 Å². The van der Waals surface area contributed by atoms with Crippen molar-refractivity contribution in [1.29, 1.82) is 0 Å². The lowest BCUT2D eigenvalue weighted by Gasteiger charge is -2.20. The third-order valence-electron chi connectivity index (χ3n) is 5.74. The van der Waals surface area contributed by atoms with E-state index < -0.39 is 17.2 Å². The molecule has 0 spiro atoms. The first-order valence-electron chi connectivity index (χ1n) is 11.5. The van der Waals surface area contributed by atoms with Crippen molar-refractivity contribution in [2.24, 2.45) is 5.92 Å². The summed E-state index contributed by atoms with van der Waals surface area (Å²) < 4.78 is 6.74. The van der Waals surface area contributed by atoms with Gasteiger partial charge in [-0.1, -0.05) is 56.3 Å². The second-order valence-corrected chi connectivity index (χ2v) is 8.88. The van der Waals surface area contributed by atoms with Crippen LogP contribution in [0.3, 0.4) is 0 Å². The maximum absolute atomic E-state index is 13.4. The Bertz CT molecular complexity index is 1210. The third kappa shape index (κ3) is 6.11. The predicted octanol–water partition coefficient (Wildman–Crippen LogP) is 3.70. The number of methoxy groups -OCH3 is 1. The van der Waals surface area contributed by atoms with Crippen LogP contribution in [0.1, 0.15) is 46.5 Å². The van der Waals surface area contributed by atoms with Gasteiger partial charge >= 0.3 is 0 Å². The number of fused-ring (bicyclic) bond motifs is 1. The molecule has 0 unspecified atom stereocenters. The maximum atomic E-state index is 13.4. The molecular weight excluding hydrogens is 430 g/mol. The van der Waals surface area contributed by atoms with Crippen molar-refractivity contribution in [2.45, 2.75) is 33.4 Å². The molecule has 1 N–H and O–H groups in total. The average molecular weight is 464 g/mol. The zero-order valence-electron chi connectivity index (χ0n) is 20.3. The molecule has 7 heteroatoms. The lowest BCUT2D eigenvalue weighted by molar-refractivity contribution is 0.0783. The van der Waals surface area contributed by atoms with Crippen LogP contribution in [-0.2, 0) is 17.8 Å². The van der Waals surface area contributed by atoms with Gasteiger partial charge in [0, 0.05) is 46.2 Å². The first-order valence-corrected chi connectivity index (χ1v) is 11.5. The lowest BCUT2D eigenvalue weighted by Crippen LogP contribution is -2.37. The van der Waals surface area contributed by atoms with Gasteiger partial charge in [-0.2, -0.15) is 0 Å². The monoisotopic (exact) mass is 463 g/mol. The van der Waals surface area contributed by atoms with Gasteiger partial charge in [0.05, 0.1) is 6.61 Å². The number of ether oxygens (including phenoxy) is 1. The molecule has 0 saturated heterocycles. The Morgan fingerprint density at radius 2 is 1.76 bits per heavy atom. The smallest absolute Gasteiger partial charge is 0.259 e. The number of carbonyl (C=O) groups excluding carboxylic acids is 2. The minimum Gasteiger partial charge on any atom is -0.383 e. The number of aromatic nitrogens is 1. The van der Waals surface area contributed by atoms with Gasteiger partial charge in [0.15, 0.2) is 0 Å². The van der Waals surface area contributed by atoms with E-state index in [2.05, 4.69) is 19.2 Å². The fourth-order valence-corrected chi connectivity index (χ4v) is 3.81. The molecule has 180 valence electrons. The van der Waals surface area contributed by atoms with Crippen LogP contribution in [0, 0.1) is 5.92 Å². The third-order valence-corrected chi connectivity index (χ3v) is 5.74. The van der Waals surface area contributed by atoms with Crippen LogP contribution in [0.5, 0.6) is 0 Å². The van der Waals surface area contributed by atoms with Crippen LogP contribution in [0.2, 0.25) is 0 Å². The summed E-state index contributed by atoms with van der Waals surface area (Å²) >= 11 is 0. The Morgan fingerprint density at radius 3 is 2.50 bits per heavy atom. The molecule has 1 heterocycles. The van der Waals surface area contributed by atoms with Gasteiger partial charge in [-0.15, -0.1) is 0 Å². The molecule has 0 radical (unpaired) electrons. The number of amides is 2. The van der Waals surface area contributed by atoms with Gasteiger partial charge in [-0.25, -0.2) is 0 Å². The van der Waals surface area contributed by atoms with E-state index in [-0.39, 0.29) is 17.7 Å². The minimum atomic E-state index is -0.564. The zero-order chi connectivity index (χ0) is 24.7. The molecule has 0 aliphatic carbocycles. The number of carbonyl (C=O) groups is 2. The van der Waals surface area contributed by atoms with E-state index in [9.17, 15) is 14.4 Å². The highest BCUT2D eigenvalue weighted by Crippen LogP contribution is 2.20. The molecular formula is C27H33N3O4. The van der Waals surface area contributed by atoms with Gasteiger partial charge in [-0.3, -0.25) is 14.4 Å². The summed E-state index contributed by atoms with van der Waals surface area (Å²) in [4.78, 5) is 40.8. The van der Waals surface area contributed by atoms with Crippen LogP contribution >= 0.6 is 0 Å². The van der Waals surface area contributed by atoms with E-state index in [1.54, 1.807) is 17.8 Å². The van der Waals surface area contributed by atoms with E-state index in [0.717, 1.165) is 22.8 Å². The molecule has 0 bridgehead atoms. The summed E-state index contributed by atoms with van der Waals surface area (Å²) in [6.07, 6.45) is 3.96. The number of aryl methyl sites for hydroxylation is 1. The SMILES string of the molecule is COCCNC(=O)c1cn(CCC(C)C)cc(C(=O)N(C)Cc2cccc3ccccc23)c1=O. The van der Waals surface area contributed by atoms with E-state index in [1.165, 1.54) is 18.2 Å². The normalized spacial score (nSPS) is 11.1.